The SMILES string of the molecule is COc1ccc(NC(=O)c2ccc3c(c2OC)C=CC(C)(C)O3)nc1OC. The molecule has 0 atom stereocenters. The van der Waals surface area contributed by atoms with Gasteiger partial charge in [-0.3, -0.25) is 4.79 Å². The smallest absolute Gasteiger partial charge is 0.260 e. The lowest BCUT2D eigenvalue weighted by Gasteiger charge is -2.29. The van der Waals surface area contributed by atoms with Crippen molar-refractivity contribution in [1.82, 2.24) is 4.98 Å². The Hall–Kier alpha value is -3.22. The number of amides is 1. The minimum Gasteiger partial charge on any atom is -0.495 e. The summed E-state index contributed by atoms with van der Waals surface area (Å²) < 4.78 is 21.7. The van der Waals surface area contributed by atoms with E-state index in [1.54, 1.807) is 24.3 Å². The Kier molecular flexibility index (Phi) is 4.94. The molecule has 0 bridgehead atoms. The van der Waals surface area contributed by atoms with E-state index in [0.29, 0.717) is 28.6 Å². The maximum atomic E-state index is 12.8. The van der Waals surface area contributed by atoms with E-state index >= 15 is 0 Å². The number of ether oxygens (including phenoxy) is 4. The number of fused-ring (bicyclic) bond motifs is 1. The molecule has 7 heteroatoms. The second-order valence-electron chi connectivity index (χ2n) is 6.46. The van der Waals surface area contributed by atoms with Crippen LogP contribution in [0.5, 0.6) is 23.1 Å². The lowest BCUT2D eigenvalue weighted by molar-refractivity contribution is 0.102. The lowest BCUT2D eigenvalue weighted by Crippen LogP contribution is -2.28. The van der Waals surface area contributed by atoms with E-state index in [1.165, 1.54) is 21.3 Å². The van der Waals surface area contributed by atoms with Crippen LogP contribution in [-0.2, 0) is 0 Å². The van der Waals surface area contributed by atoms with Crippen molar-refractivity contribution in [2.24, 2.45) is 0 Å². The first kappa shape index (κ1) is 18.6. The Labute approximate surface area is 157 Å². The summed E-state index contributed by atoms with van der Waals surface area (Å²) in [7, 11) is 4.53. The number of hydrogen-bond donors (Lipinski definition) is 1. The van der Waals surface area contributed by atoms with Gasteiger partial charge in [0.15, 0.2) is 5.75 Å². The number of carbonyl (C=O) groups excluding carboxylic acids is 1. The molecule has 0 unspecified atom stereocenters. The summed E-state index contributed by atoms with van der Waals surface area (Å²) in [5, 5.41) is 2.75. The minimum atomic E-state index is -0.411. The van der Waals surface area contributed by atoms with Crippen LogP contribution in [0.2, 0.25) is 0 Å². The summed E-state index contributed by atoms with van der Waals surface area (Å²) in [4.78, 5) is 17.0. The average Bonchev–Trinajstić information content (AvgIpc) is 2.65. The Balaban J connectivity index is 1.92. The van der Waals surface area contributed by atoms with E-state index in [-0.39, 0.29) is 11.8 Å². The number of nitrogens with zero attached hydrogens (tertiary/aromatic N) is 1. The lowest BCUT2D eigenvalue weighted by atomic mass is 9.99. The summed E-state index contributed by atoms with van der Waals surface area (Å²) in [6.07, 6.45) is 3.83. The number of aromatic nitrogens is 1. The third-order valence-corrected chi connectivity index (χ3v) is 4.11. The topological polar surface area (TPSA) is 78.9 Å². The van der Waals surface area contributed by atoms with Gasteiger partial charge in [-0.25, -0.2) is 0 Å². The largest absolute Gasteiger partial charge is 0.495 e. The molecule has 0 aliphatic carbocycles. The molecule has 0 radical (unpaired) electrons. The number of benzene rings is 1. The highest BCUT2D eigenvalue weighted by Crippen LogP contribution is 2.39. The van der Waals surface area contributed by atoms with Gasteiger partial charge in [0.2, 0.25) is 0 Å². The zero-order valence-electron chi connectivity index (χ0n) is 16.0. The second-order valence-corrected chi connectivity index (χ2v) is 6.46. The number of hydrogen-bond acceptors (Lipinski definition) is 6. The fourth-order valence-corrected chi connectivity index (χ4v) is 2.81. The minimum absolute atomic E-state index is 0.284. The molecule has 2 heterocycles. The fraction of sp³-hybridized carbons (Fsp3) is 0.300. The van der Waals surface area contributed by atoms with Gasteiger partial charge in [0.25, 0.3) is 11.8 Å². The number of anilines is 1. The molecule has 0 saturated heterocycles. The molecule has 0 fully saturated rings. The van der Waals surface area contributed by atoms with Crippen LogP contribution in [0.1, 0.15) is 29.8 Å². The highest BCUT2D eigenvalue weighted by Gasteiger charge is 2.26. The van der Waals surface area contributed by atoms with Gasteiger partial charge >= 0.3 is 0 Å². The highest BCUT2D eigenvalue weighted by molar-refractivity contribution is 6.07. The standard InChI is InChI=1S/C20H22N2O5/c1-20(2)11-10-12-14(27-20)7-6-13(17(12)25-4)18(23)21-16-9-8-15(24-3)19(22-16)26-5/h6-11H,1-5H3,(H,21,22,23). The molecule has 2 aromatic rings. The average molecular weight is 370 g/mol. The first-order valence-corrected chi connectivity index (χ1v) is 8.38. The van der Waals surface area contributed by atoms with Crippen molar-refractivity contribution < 1.29 is 23.7 Å². The zero-order valence-corrected chi connectivity index (χ0v) is 16.0. The van der Waals surface area contributed by atoms with Crippen molar-refractivity contribution in [1.29, 1.82) is 0 Å². The molecule has 142 valence electrons. The van der Waals surface area contributed by atoms with E-state index in [2.05, 4.69) is 10.3 Å². The van der Waals surface area contributed by atoms with Gasteiger partial charge in [-0.15, -0.1) is 0 Å². The Bertz CT molecular complexity index is 905. The van der Waals surface area contributed by atoms with Crippen molar-refractivity contribution in [3.8, 4) is 23.1 Å². The molecule has 7 nitrogen and oxygen atoms in total. The maximum Gasteiger partial charge on any atom is 0.260 e. The van der Waals surface area contributed by atoms with E-state index < -0.39 is 5.60 Å². The van der Waals surface area contributed by atoms with Gasteiger partial charge in [0.05, 0.1) is 32.5 Å². The molecule has 1 aliphatic rings. The molecule has 1 N–H and O–H groups in total. The van der Waals surface area contributed by atoms with Crippen LogP contribution < -0.4 is 24.3 Å². The summed E-state index contributed by atoms with van der Waals surface area (Å²) in [6, 6.07) is 6.74. The molecular formula is C20H22N2O5. The third kappa shape index (κ3) is 3.67. The zero-order chi connectivity index (χ0) is 19.6. The molecule has 1 amide bonds. The summed E-state index contributed by atoms with van der Waals surface area (Å²) in [6.45, 7) is 3.92. The summed E-state index contributed by atoms with van der Waals surface area (Å²) in [5.41, 5.74) is 0.691. The van der Waals surface area contributed by atoms with E-state index in [4.69, 9.17) is 18.9 Å². The highest BCUT2D eigenvalue weighted by atomic mass is 16.5. The third-order valence-electron chi connectivity index (χ3n) is 4.11. The van der Waals surface area contributed by atoms with Crippen molar-refractivity contribution in [2.75, 3.05) is 26.6 Å². The molecule has 0 saturated carbocycles. The van der Waals surface area contributed by atoms with Crippen molar-refractivity contribution >= 4 is 17.8 Å². The normalized spacial score (nSPS) is 14.0. The monoisotopic (exact) mass is 370 g/mol. The van der Waals surface area contributed by atoms with Gasteiger partial charge in [0.1, 0.15) is 22.9 Å². The number of carbonyl (C=O) groups is 1. The van der Waals surface area contributed by atoms with Gasteiger partial charge in [0, 0.05) is 0 Å². The van der Waals surface area contributed by atoms with Gasteiger partial charge in [-0.05, 0) is 50.3 Å². The van der Waals surface area contributed by atoms with Crippen molar-refractivity contribution in [2.45, 2.75) is 19.4 Å². The first-order valence-electron chi connectivity index (χ1n) is 8.38. The molecule has 0 spiro atoms. The maximum absolute atomic E-state index is 12.8. The van der Waals surface area contributed by atoms with Crippen LogP contribution in [0.25, 0.3) is 6.08 Å². The predicted molar refractivity (Wildman–Crippen MR) is 102 cm³/mol. The molecule has 1 aromatic heterocycles. The number of methoxy groups -OCH3 is 3. The van der Waals surface area contributed by atoms with Crippen LogP contribution in [0, 0.1) is 0 Å². The fourth-order valence-electron chi connectivity index (χ4n) is 2.81. The molecule has 3 rings (SSSR count). The van der Waals surface area contributed by atoms with E-state index in [0.717, 1.165) is 5.56 Å². The molecular weight excluding hydrogens is 348 g/mol. The van der Waals surface area contributed by atoms with Gasteiger partial charge in [-0.1, -0.05) is 0 Å². The van der Waals surface area contributed by atoms with Crippen LogP contribution in [-0.4, -0.2) is 37.8 Å². The Morgan fingerprint density at radius 2 is 1.85 bits per heavy atom. The van der Waals surface area contributed by atoms with Crippen molar-refractivity contribution in [3.05, 3.63) is 41.5 Å². The molecule has 1 aromatic carbocycles. The summed E-state index contributed by atoms with van der Waals surface area (Å²) >= 11 is 0. The Morgan fingerprint density at radius 3 is 2.52 bits per heavy atom. The second kappa shape index (κ2) is 7.19. The number of pyridine rings is 1. The number of rotatable bonds is 5. The van der Waals surface area contributed by atoms with Crippen LogP contribution >= 0.6 is 0 Å². The van der Waals surface area contributed by atoms with Crippen LogP contribution in [0.15, 0.2) is 30.3 Å². The van der Waals surface area contributed by atoms with Crippen molar-refractivity contribution in [3.63, 3.8) is 0 Å². The van der Waals surface area contributed by atoms with Gasteiger partial charge < -0.3 is 24.3 Å². The first-order chi connectivity index (χ1) is 12.9. The molecule has 1 aliphatic heterocycles. The summed E-state index contributed by atoms with van der Waals surface area (Å²) in [5.74, 6) is 1.85. The Morgan fingerprint density at radius 1 is 1.07 bits per heavy atom. The number of nitrogens with one attached hydrogen (secondary N) is 1. The molecule has 27 heavy (non-hydrogen) atoms. The quantitative estimate of drug-likeness (QED) is 0.867. The van der Waals surface area contributed by atoms with Gasteiger partial charge in [-0.2, -0.15) is 4.98 Å². The van der Waals surface area contributed by atoms with Crippen LogP contribution in [0.4, 0.5) is 5.82 Å². The van der Waals surface area contributed by atoms with E-state index in [1.807, 2.05) is 26.0 Å². The van der Waals surface area contributed by atoms with E-state index in [9.17, 15) is 4.79 Å². The van der Waals surface area contributed by atoms with Crippen LogP contribution in [0.3, 0.4) is 0 Å². The predicted octanol–water partition coefficient (Wildman–Crippen LogP) is 3.54.